The van der Waals surface area contributed by atoms with Crippen molar-refractivity contribution < 1.29 is 9.59 Å². The Morgan fingerprint density at radius 2 is 1.82 bits per heavy atom. The van der Waals surface area contributed by atoms with E-state index < -0.39 is 0 Å². The molecule has 0 spiro atoms. The second-order valence-corrected chi connectivity index (χ2v) is 2.96. The first-order chi connectivity index (χ1) is 5.27. The summed E-state index contributed by atoms with van der Waals surface area (Å²) in [5, 5.41) is 3.12. The van der Waals surface area contributed by atoms with E-state index in [-0.39, 0.29) is 11.6 Å². The van der Waals surface area contributed by atoms with Crippen LogP contribution in [-0.4, -0.2) is 18.1 Å². The number of hydrogen-bond donors (Lipinski definition) is 1. The van der Waals surface area contributed by atoms with E-state index in [2.05, 4.69) is 5.32 Å². The summed E-state index contributed by atoms with van der Waals surface area (Å²) in [5.74, 6) is -0.453. The molecule has 0 amide bonds. The molecule has 0 aromatic rings. The van der Waals surface area contributed by atoms with Crippen LogP contribution in [0, 0.1) is 0 Å². The first-order valence-electron chi connectivity index (χ1n) is 3.78. The number of ketones is 2. The Bertz CT molecular complexity index is 239. The molecule has 0 aromatic heterocycles. The fourth-order valence-corrected chi connectivity index (χ4v) is 1.57. The minimum atomic E-state index is -0.238. The van der Waals surface area contributed by atoms with Crippen LogP contribution in [0.25, 0.3) is 0 Å². The molecule has 1 aliphatic carbocycles. The summed E-state index contributed by atoms with van der Waals surface area (Å²) in [7, 11) is 0. The van der Waals surface area contributed by atoms with Crippen LogP contribution in [0.1, 0.15) is 19.3 Å². The van der Waals surface area contributed by atoms with Crippen molar-refractivity contribution in [1.82, 2.24) is 5.32 Å². The van der Waals surface area contributed by atoms with Crippen LogP contribution in [0.3, 0.4) is 0 Å². The van der Waals surface area contributed by atoms with Gasteiger partial charge in [0.05, 0.1) is 6.42 Å². The molecule has 0 bridgehead atoms. The fraction of sp³-hybridized carbons (Fsp3) is 0.500. The van der Waals surface area contributed by atoms with Crippen LogP contribution in [0.5, 0.6) is 0 Å². The molecule has 3 nitrogen and oxygen atoms in total. The van der Waals surface area contributed by atoms with Crippen molar-refractivity contribution in [3.05, 3.63) is 11.3 Å². The molecule has 1 heterocycles. The number of carbonyl (C=O) groups excluding carboxylic acids is 2. The lowest BCUT2D eigenvalue weighted by molar-refractivity contribution is -0.136. The largest absolute Gasteiger partial charge is 0.388 e. The van der Waals surface area contributed by atoms with E-state index in [9.17, 15) is 9.59 Å². The second kappa shape index (κ2) is 2.19. The van der Waals surface area contributed by atoms with Crippen LogP contribution in [0.2, 0.25) is 0 Å². The van der Waals surface area contributed by atoms with Gasteiger partial charge in [-0.2, -0.15) is 0 Å². The summed E-state index contributed by atoms with van der Waals surface area (Å²) in [5.41, 5.74) is 2.16. The molecule has 3 heteroatoms. The molecule has 2 aliphatic rings. The Balaban J connectivity index is 2.29. The predicted octanol–water partition coefficient (Wildman–Crippen LogP) is 0.166. The highest BCUT2D eigenvalue weighted by Gasteiger charge is 2.27. The number of hydrogen-bond acceptors (Lipinski definition) is 3. The van der Waals surface area contributed by atoms with Crippen LogP contribution in [0.15, 0.2) is 11.3 Å². The highest BCUT2D eigenvalue weighted by atomic mass is 16.2. The Morgan fingerprint density at radius 1 is 1.09 bits per heavy atom. The van der Waals surface area contributed by atoms with Gasteiger partial charge in [0, 0.05) is 18.7 Å². The first-order valence-corrected chi connectivity index (χ1v) is 3.78. The number of carbonyl (C=O) groups is 2. The Morgan fingerprint density at radius 3 is 2.64 bits per heavy atom. The molecule has 1 N–H and O–H groups in total. The lowest BCUT2D eigenvalue weighted by atomic mass is 9.95. The molecule has 0 unspecified atom stereocenters. The van der Waals surface area contributed by atoms with E-state index in [0.29, 0.717) is 12.8 Å². The van der Waals surface area contributed by atoms with Gasteiger partial charge in [0.15, 0.2) is 0 Å². The Hall–Kier alpha value is -1.12. The van der Waals surface area contributed by atoms with Crippen molar-refractivity contribution in [1.29, 1.82) is 0 Å². The smallest absolute Gasteiger partial charge is 0.204 e. The van der Waals surface area contributed by atoms with Crippen molar-refractivity contribution >= 4 is 11.6 Å². The van der Waals surface area contributed by atoms with Crippen LogP contribution < -0.4 is 5.32 Å². The van der Waals surface area contributed by atoms with E-state index in [1.807, 2.05) is 0 Å². The minimum absolute atomic E-state index is 0.215. The summed E-state index contributed by atoms with van der Waals surface area (Å²) in [6, 6.07) is 0. The average molecular weight is 151 g/mol. The molecule has 0 atom stereocenters. The van der Waals surface area contributed by atoms with Crippen LogP contribution in [-0.2, 0) is 9.59 Å². The fourth-order valence-electron chi connectivity index (χ4n) is 1.57. The normalized spacial score (nSPS) is 23.6. The van der Waals surface area contributed by atoms with E-state index in [4.69, 9.17) is 0 Å². The molecular weight excluding hydrogens is 142 g/mol. The topological polar surface area (TPSA) is 46.2 Å². The van der Waals surface area contributed by atoms with Gasteiger partial charge >= 0.3 is 0 Å². The highest BCUT2D eigenvalue weighted by Crippen LogP contribution is 2.24. The number of rotatable bonds is 0. The summed E-state index contributed by atoms with van der Waals surface area (Å²) >= 11 is 0. The van der Waals surface area contributed by atoms with E-state index in [1.54, 1.807) is 0 Å². The van der Waals surface area contributed by atoms with Gasteiger partial charge in [-0.15, -0.1) is 0 Å². The summed E-state index contributed by atoms with van der Waals surface area (Å²) in [6.07, 6.45) is 1.61. The first kappa shape index (κ1) is 6.58. The molecule has 0 fully saturated rings. The van der Waals surface area contributed by atoms with E-state index in [1.165, 1.54) is 0 Å². The lowest BCUT2D eigenvalue weighted by Gasteiger charge is -2.10. The van der Waals surface area contributed by atoms with Crippen molar-refractivity contribution in [2.24, 2.45) is 0 Å². The zero-order chi connectivity index (χ0) is 7.84. The van der Waals surface area contributed by atoms with Gasteiger partial charge in [0.1, 0.15) is 0 Å². The molecule has 58 valence electrons. The Kier molecular flexibility index (Phi) is 1.31. The molecule has 2 rings (SSSR count). The van der Waals surface area contributed by atoms with Gasteiger partial charge < -0.3 is 5.32 Å². The molecule has 0 aromatic carbocycles. The maximum Gasteiger partial charge on any atom is 0.204 e. The van der Waals surface area contributed by atoms with Crippen molar-refractivity contribution in [3.8, 4) is 0 Å². The van der Waals surface area contributed by atoms with Crippen molar-refractivity contribution in [3.63, 3.8) is 0 Å². The van der Waals surface area contributed by atoms with Gasteiger partial charge in [-0.25, -0.2) is 0 Å². The van der Waals surface area contributed by atoms with E-state index >= 15 is 0 Å². The third-order valence-corrected chi connectivity index (χ3v) is 2.21. The third-order valence-electron chi connectivity index (χ3n) is 2.21. The summed E-state index contributed by atoms with van der Waals surface area (Å²) in [4.78, 5) is 21.8. The second-order valence-electron chi connectivity index (χ2n) is 2.96. The maximum absolute atomic E-state index is 10.9. The van der Waals surface area contributed by atoms with Crippen molar-refractivity contribution in [2.45, 2.75) is 19.3 Å². The van der Waals surface area contributed by atoms with Gasteiger partial charge in [0.25, 0.3) is 0 Å². The zero-order valence-electron chi connectivity index (χ0n) is 6.14. The predicted molar refractivity (Wildman–Crippen MR) is 38.9 cm³/mol. The molecule has 11 heavy (non-hydrogen) atoms. The zero-order valence-corrected chi connectivity index (χ0v) is 6.14. The highest BCUT2D eigenvalue weighted by molar-refractivity contribution is 6.39. The summed E-state index contributed by atoms with van der Waals surface area (Å²) < 4.78 is 0. The van der Waals surface area contributed by atoms with Gasteiger partial charge in [-0.1, -0.05) is 0 Å². The monoisotopic (exact) mass is 151 g/mol. The van der Waals surface area contributed by atoms with Crippen LogP contribution in [0.4, 0.5) is 0 Å². The molecular formula is C8H9NO2. The standard InChI is InChI=1S/C8H9NO2/c10-7-3-5-1-2-9-6(5)4-8(7)11/h9H,1-4H2. The Labute approximate surface area is 64.5 Å². The number of allylic oxidation sites excluding steroid dienone is 1. The number of nitrogens with one attached hydrogen (secondary N) is 1. The molecule has 0 saturated heterocycles. The number of Topliss-reactive ketones (excluding diaryl/α,β-unsaturated/α-hetero) is 2. The third kappa shape index (κ3) is 0.964. The van der Waals surface area contributed by atoms with Gasteiger partial charge in [-0.3, -0.25) is 9.59 Å². The maximum atomic E-state index is 10.9. The van der Waals surface area contributed by atoms with E-state index in [0.717, 1.165) is 24.2 Å². The summed E-state index contributed by atoms with van der Waals surface area (Å²) in [6.45, 7) is 0.894. The SMILES string of the molecule is O=C1CC2=C(CC1=O)NCC2. The van der Waals surface area contributed by atoms with Gasteiger partial charge in [-0.05, 0) is 12.0 Å². The quantitative estimate of drug-likeness (QED) is 0.502. The molecule has 1 aliphatic heterocycles. The minimum Gasteiger partial charge on any atom is -0.388 e. The van der Waals surface area contributed by atoms with Crippen molar-refractivity contribution in [2.75, 3.05) is 6.54 Å². The molecule has 0 radical (unpaired) electrons. The average Bonchev–Trinajstić information content (AvgIpc) is 2.36. The van der Waals surface area contributed by atoms with Crippen LogP contribution >= 0.6 is 0 Å². The van der Waals surface area contributed by atoms with Gasteiger partial charge in [0.2, 0.25) is 11.6 Å². The lowest BCUT2D eigenvalue weighted by Crippen LogP contribution is -2.22. The molecule has 0 saturated carbocycles.